The third-order valence-electron chi connectivity index (χ3n) is 3.65. The smallest absolute Gasteiger partial charge is 0.407 e. The van der Waals surface area contributed by atoms with Gasteiger partial charge in [0.15, 0.2) is 0 Å². The van der Waals surface area contributed by atoms with Crippen LogP contribution in [0.5, 0.6) is 0 Å². The fraction of sp³-hybridized carbons (Fsp3) is 0.368. The first-order chi connectivity index (χ1) is 13.2. The Morgan fingerprint density at radius 2 is 2.00 bits per heavy atom. The summed E-state index contributed by atoms with van der Waals surface area (Å²) in [6.07, 6.45) is -0.0901. The van der Waals surface area contributed by atoms with E-state index < -0.39 is 6.09 Å². The van der Waals surface area contributed by atoms with Crippen molar-refractivity contribution in [3.05, 3.63) is 54.6 Å². The van der Waals surface area contributed by atoms with Crippen LogP contribution in [0, 0.1) is 5.92 Å². The molecule has 0 aliphatic carbocycles. The van der Waals surface area contributed by atoms with Crippen LogP contribution in [-0.4, -0.2) is 31.2 Å². The summed E-state index contributed by atoms with van der Waals surface area (Å²) < 4.78 is 5.97. The van der Waals surface area contributed by atoms with E-state index in [1.54, 1.807) is 18.2 Å². The molecule has 0 saturated carbocycles. The van der Waals surface area contributed by atoms with Crippen LogP contribution < -0.4 is 10.6 Å². The average molecular weight is 508 g/mol. The number of thiophene rings is 1. The van der Waals surface area contributed by atoms with Crippen LogP contribution >= 0.6 is 50.5 Å². The fourth-order valence-electron chi connectivity index (χ4n) is 2.32. The molecule has 28 heavy (non-hydrogen) atoms. The number of rotatable bonds is 8. The number of carbonyl (C=O) groups is 2. The van der Waals surface area contributed by atoms with E-state index >= 15 is 0 Å². The minimum Gasteiger partial charge on any atom is -0.449 e. The molecule has 1 aromatic carbocycles. The van der Waals surface area contributed by atoms with Gasteiger partial charge in [-0.3, -0.25) is 4.79 Å². The summed E-state index contributed by atoms with van der Waals surface area (Å²) in [4.78, 5) is 25.0. The lowest BCUT2D eigenvalue weighted by atomic mass is 10.1. The Kier molecular flexibility index (Phi) is 9.08. The van der Waals surface area contributed by atoms with Gasteiger partial charge in [-0.25, -0.2) is 4.79 Å². The van der Waals surface area contributed by atoms with Gasteiger partial charge < -0.3 is 15.4 Å². The molecular weight excluding hydrogens is 487 g/mol. The first-order valence-electron chi connectivity index (χ1n) is 8.64. The second-order valence-corrected chi connectivity index (χ2v) is 9.28. The number of ether oxygens (including phenoxy) is 1. The predicted octanol–water partition coefficient (Wildman–Crippen LogP) is 5.54. The van der Waals surface area contributed by atoms with Gasteiger partial charge in [-0.05, 0) is 52.0 Å². The van der Waals surface area contributed by atoms with E-state index in [1.807, 2.05) is 25.3 Å². The molecule has 0 saturated heterocycles. The van der Waals surface area contributed by atoms with Gasteiger partial charge in [0, 0.05) is 26.4 Å². The van der Waals surface area contributed by atoms with Crippen molar-refractivity contribution >= 4 is 62.5 Å². The number of benzene rings is 1. The maximum absolute atomic E-state index is 12.5. The van der Waals surface area contributed by atoms with E-state index in [0.717, 1.165) is 10.0 Å². The van der Waals surface area contributed by atoms with E-state index in [-0.39, 0.29) is 24.4 Å². The van der Waals surface area contributed by atoms with Gasteiger partial charge in [0.2, 0.25) is 0 Å². The molecule has 1 heterocycles. The zero-order valence-electron chi connectivity index (χ0n) is 15.4. The molecule has 0 fully saturated rings. The average Bonchev–Trinajstić information content (AvgIpc) is 3.06. The maximum atomic E-state index is 12.5. The molecule has 0 spiro atoms. The Balaban J connectivity index is 2.05. The van der Waals surface area contributed by atoms with E-state index in [4.69, 9.17) is 27.9 Å². The molecule has 2 aromatic rings. The Morgan fingerprint density at radius 3 is 2.61 bits per heavy atom. The van der Waals surface area contributed by atoms with Crippen LogP contribution in [0.4, 0.5) is 4.79 Å². The van der Waals surface area contributed by atoms with Crippen molar-refractivity contribution in [1.29, 1.82) is 0 Å². The third kappa shape index (κ3) is 7.62. The number of hydrogen-bond donors (Lipinski definition) is 2. The summed E-state index contributed by atoms with van der Waals surface area (Å²) in [6.45, 7) is 4.44. The van der Waals surface area contributed by atoms with Crippen molar-refractivity contribution in [3.8, 4) is 0 Å². The normalized spacial score (nSPS) is 11.9. The molecule has 2 rings (SSSR count). The van der Waals surface area contributed by atoms with Crippen LogP contribution in [-0.2, 0) is 11.2 Å². The Labute approximate surface area is 186 Å². The largest absolute Gasteiger partial charge is 0.449 e. The van der Waals surface area contributed by atoms with Gasteiger partial charge in [-0.2, -0.15) is 0 Å². The van der Waals surface area contributed by atoms with Crippen molar-refractivity contribution < 1.29 is 14.3 Å². The molecule has 5 nitrogen and oxygen atoms in total. The first-order valence-corrected chi connectivity index (χ1v) is 11.1. The molecule has 0 radical (unpaired) electrons. The highest BCUT2D eigenvalue weighted by Gasteiger charge is 2.18. The van der Waals surface area contributed by atoms with Gasteiger partial charge in [0.05, 0.1) is 17.5 Å². The summed E-state index contributed by atoms with van der Waals surface area (Å²) in [5.74, 6) is 0.0227. The van der Waals surface area contributed by atoms with Crippen LogP contribution in [0.2, 0.25) is 10.0 Å². The number of nitrogens with one attached hydrogen (secondary N) is 2. The summed E-state index contributed by atoms with van der Waals surface area (Å²) >= 11 is 16.9. The lowest BCUT2D eigenvalue weighted by Crippen LogP contribution is -2.45. The van der Waals surface area contributed by atoms with E-state index in [1.165, 1.54) is 11.3 Å². The molecule has 152 valence electrons. The Morgan fingerprint density at radius 1 is 1.25 bits per heavy atom. The van der Waals surface area contributed by atoms with Crippen molar-refractivity contribution in [2.45, 2.75) is 26.3 Å². The third-order valence-corrected chi connectivity index (χ3v) is 5.93. The highest BCUT2D eigenvalue weighted by Crippen LogP contribution is 2.23. The molecule has 0 aliphatic rings. The fourth-order valence-corrected chi connectivity index (χ4v) is 4.13. The van der Waals surface area contributed by atoms with Crippen molar-refractivity contribution in [2.24, 2.45) is 5.92 Å². The van der Waals surface area contributed by atoms with E-state index in [2.05, 4.69) is 26.6 Å². The lowest BCUT2D eigenvalue weighted by Gasteiger charge is -2.20. The van der Waals surface area contributed by atoms with Crippen molar-refractivity contribution in [2.75, 3.05) is 13.2 Å². The molecular formula is C19H21BrCl2N2O3S. The van der Waals surface area contributed by atoms with Crippen LogP contribution in [0.15, 0.2) is 34.1 Å². The van der Waals surface area contributed by atoms with E-state index in [9.17, 15) is 9.59 Å². The molecule has 0 aliphatic heterocycles. The number of hydrogen-bond acceptors (Lipinski definition) is 4. The Bertz CT molecular complexity index is 829. The molecule has 2 N–H and O–H groups in total. The van der Waals surface area contributed by atoms with Gasteiger partial charge >= 0.3 is 6.09 Å². The quantitative estimate of drug-likeness (QED) is 0.492. The monoisotopic (exact) mass is 506 g/mol. The van der Waals surface area contributed by atoms with Gasteiger partial charge in [0.25, 0.3) is 5.91 Å². The molecule has 9 heteroatoms. The highest BCUT2D eigenvalue weighted by molar-refractivity contribution is 9.10. The highest BCUT2D eigenvalue weighted by atomic mass is 79.9. The van der Waals surface area contributed by atoms with E-state index in [0.29, 0.717) is 28.0 Å². The number of carbonyl (C=O) groups excluding carboxylic acids is 2. The Hall–Kier alpha value is -1.28. The minimum atomic E-state index is -0.519. The predicted molar refractivity (Wildman–Crippen MR) is 118 cm³/mol. The topological polar surface area (TPSA) is 67.4 Å². The van der Waals surface area contributed by atoms with Crippen molar-refractivity contribution in [3.63, 3.8) is 0 Å². The van der Waals surface area contributed by atoms with Crippen LogP contribution in [0.25, 0.3) is 0 Å². The summed E-state index contributed by atoms with van der Waals surface area (Å²) in [5.41, 5.74) is 0.820. The number of halogens is 3. The molecule has 0 bridgehead atoms. The maximum Gasteiger partial charge on any atom is 0.407 e. The summed E-state index contributed by atoms with van der Waals surface area (Å²) in [6, 6.07) is 6.57. The molecule has 2 amide bonds. The minimum absolute atomic E-state index is 0.203. The number of amides is 2. The lowest BCUT2D eigenvalue weighted by molar-refractivity contribution is 0.0936. The SMILES string of the molecule is CC(C)COC(=O)NC[C@@H](Cc1ccc(Cl)cc1Cl)NC(=O)c1cc(Br)cs1. The number of alkyl carbamates (subject to hydrolysis) is 1. The molecule has 0 unspecified atom stereocenters. The zero-order chi connectivity index (χ0) is 20.7. The first kappa shape index (κ1) is 23.0. The van der Waals surface area contributed by atoms with Gasteiger partial charge in [0.1, 0.15) is 0 Å². The molecule has 1 aromatic heterocycles. The van der Waals surface area contributed by atoms with Crippen LogP contribution in [0.3, 0.4) is 0 Å². The zero-order valence-corrected chi connectivity index (χ0v) is 19.3. The van der Waals surface area contributed by atoms with Gasteiger partial charge in [-0.1, -0.05) is 43.1 Å². The van der Waals surface area contributed by atoms with Gasteiger partial charge in [-0.15, -0.1) is 11.3 Å². The van der Waals surface area contributed by atoms with Crippen LogP contribution in [0.1, 0.15) is 29.1 Å². The second-order valence-electron chi connectivity index (χ2n) is 6.61. The summed E-state index contributed by atoms with van der Waals surface area (Å²) in [5, 5.41) is 8.52. The molecule has 1 atom stereocenters. The second kappa shape index (κ2) is 11.0. The summed E-state index contributed by atoms with van der Waals surface area (Å²) in [7, 11) is 0. The van der Waals surface area contributed by atoms with Crippen molar-refractivity contribution in [1.82, 2.24) is 10.6 Å². The standard InChI is InChI=1S/C19H21BrCl2N2O3S/c1-11(2)9-27-19(26)23-8-15(5-12-3-4-14(21)7-16(12)22)24-18(25)17-6-13(20)10-28-17/h3-4,6-7,10-11,15H,5,8-9H2,1-2H3,(H,23,26)(H,24,25)/t15-/m1/s1.